The molecule has 102 valence electrons. The fraction of sp³-hybridized carbons (Fsp3) is 1.00. The SMILES string of the molecule is COCCC1CCCCC1(CCOC)OPO. The second-order valence-electron chi connectivity index (χ2n) is 4.73. The van der Waals surface area contributed by atoms with Crippen LogP contribution in [0.25, 0.3) is 0 Å². The fourth-order valence-electron chi connectivity index (χ4n) is 2.83. The van der Waals surface area contributed by atoms with Crippen molar-refractivity contribution in [2.45, 2.75) is 44.1 Å². The van der Waals surface area contributed by atoms with Crippen LogP contribution in [-0.4, -0.2) is 37.9 Å². The molecule has 0 bridgehead atoms. The van der Waals surface area contributed by atoms with Gasteiger partial charge in [-0.2, -0.15) is 0 Å². The van der Waals surface area contributed by atoms with E-state index in [1.807, 2.05) is 0 Å². The van der Waals surface area contributed by atoms with Gasteiger partial charge in [-0.15, -0.1) is 0 Å². The molecule has 1 N–H and O–H groups in total. The van der Waals surface area contributed by atoms with Gasteiger partial charge in [-0.05, 0) is 25.2 Å². The molecule has 1 aliphatic carbocycles. The lowest BCUT2D eigenvalue weighted by atomic mass is 9.72. The van der Waals surface area contributed by atoms with Crippen molar-refractivity contribution in [3.05, 3.63) is 0 Å². The van der Waals surface area contributed by atoms with Crippen LogP contribution >= 0.6 is 9.03 Å². The summed E-state index contributed by atoms with van der Waals surface area (Å²) in [5.41, 5.74) is -0.194. The first-order chi connectivity index (χ1) is 8.29. The summed E-state index contributed by atoms with van der Waals surface area (Å²) < 4.78 is 16.1. The maximum atomic E-state index is 9.16. The molecular formula is C12H25O4P. The van der Waals surface area contributed by atoms with E-state index in [9.17, 15) is 0 Å². The monoisotopic (exact) mass is 264 g/mol. The first-order valence-electron chi connectivity index (χ1n) is 6.34. The lowest BCUT2D eigenvalue weighted by Gasteiger charge is -2.43. The molecule has 0 saturated heterocycles. The van der Waals surface area contributed by atoms with Crippen LogP contribution < -0.4 is 0 Å². The van der Waals surface area contributed by atoms with Crippen molar-refractivity contribution in [1.82, 2.24) is 0 Å². The van der Waals surface area contributed by atoms with E-state index in [0.29, 0.717) is 12.5 Å². The normalized spacial score (nSPS) is 30.2. The molecule has 17 heavy (non-hydrogen) atoms. The van der Waals surface area contributed by atoms with E-state index in [4.69, 9.17) is 18.9 Å². The summed E-state index contributed by atoms with van der Waals surface area (Å²) in [6.45, 7) is 1.45. The van der Waals surface area contributed by atoms with E-state index >= 15 is 0 Å². The smallest absolute Gasteiger partial charge is 0.152 e. The zero-order chi connectivity index (χ0) is 12.6. The number of ether oxygens (including phenoxy) is 2. The van der Waals surface area contributed by atoms with E-state index in [1.165, 1.54) is 12.8 Å². The molecule has 1 saturated carbocycles. The fourth-order valence-corrected chi connectivity index (χ4v) is 3.38. The summed E-state index contributed by atoms with van der Waals surface area (Å²) in [5, 5.41) is 0. The molecule has 1 rings (SSSR count). The largest absolute Gasteiger partial charge is 0.385 e. The van der Waals surface area contributed by atoms with Crippen LogP contribution in [0.2, 0.25) is 0 Å². The van der Waals surface area contributed by atoms with E-state index in [1.54, 1.807) is 14.2 Å². The minimum atomic E-state index is -0.434. The lowest BCUT2D eigenvalue weighted by molar-refractivity contribution is -0.0495. The molecule has 0 spiro atoms. The van der Waals surface area contributed by atoms with Gasteiger partial charge in [-0.1, -0.05) is 12.8 Å². The highest BCUT2D eigenvalue weighted by molar-refractivity contribution is 7.25. The average molecular weight is 264 g/mol. The van der Waals surface area contributed by atoms with Crippen molar-refractivity contribution in [3.63, 3.8) is 0 Å². The van der Waals surface area contributed by atoms with Crippen molar-refractivity contribution >= 4 is 9.03 Å². The van der Waals surface area contributed by atoms with Crippen LogP contribution in [0.15, 0.2) is 0 Å². The zero-order valence-corrected chi connectivity index (χ0v) is 11.9. The summed E-state index contributed by atoms with van der Waals surface area (Å²) in [6.07, 6.45) is 6.49. The van der Waals surface area contributed by atoms with Crippen LogP contribution in [0, 0.1) is 5.92 Å². The molecule has 0 aromatic carbocycles. The van der Waals surface area contributed by atoms with Gasteiger partial charge in [-0.25, -0.2) is 0 Å². The van der Waals surface area contributed by atoms with Gasteiger partial charge < -0.3 is 18.9 Å². The van der Waals surface area contributed by atoms with Crippen molar-refractivity contribution in [2.75, 3.05) is 27.4 Å². The van der Waals surface area contributed by atoms with Crippen molar-refractivity contribution in [1.29, 1.82) is 0 Å². The molecule has 3 unspecified atom stereocenters. The molecule has 0 aliphatic heterocycles. The van der Waals surface area contributed by atoms with E-state index in [-0.39, 0.29) is 5.60 Å². The van der Waals surface area contributed by atoms with Gasteiger partial charge in [0.15, 0.2) is 9.03 Å². The van der Waals surface area contributed by atoms with Gasteiger partial charge >= 0.3 is 0 Å². The summed E-state index contributed by atoms with van der Waals surface area (Å²) in [5.74, 6) is 0.478. The van der Waals surface area contributed by atoms with Crippen LogP contribution in [0.3, 0.4) is 0 Å². The summed E-state index contributed by atoms with van der Waals surface area (Å²) >= 11 is 0. The van der Waals surface area contributed by atoms with Crippen LogP contribution in [0.4, 0.5) is 0 Å². The van der Waals surface area contributed by atoms with Crippen molar-refractivity contribution in [2.24, 2.45) is 5.92 Å². The number of hydrogen-bond acceptors (Lipinski definition) is 4. The Morgan fingerprint density at radius 1 is 1.24 bits per heavy atom. The summed E-state index contributed by atoms with van der Waals surface area (Å²) in [6, 6.07) is 0. The number of methoxy groups -OCH3 is 2. The van der Waals surface area contributed by atoms with Gasteiger partial charge in [0.2, 0.25) is 0 Å². The average Bonchev–Trinajstić information content (AvgIpc) is 2.36. The quantitative estimate of drug-likeness (QED) is 0.684. The Morgan fingerprint density at radius 2 is 2.00 bits per heavy atom. The molecule has 0 aromatic heterocycles. The third-order valence-electron chi connectivity index (χ3n) is 3.80. The van der Waals surface area contributed by atoms with Crippen LogP contribution in [0.1, 0.15) is 38.5 Å². The molecule has 0 aromatic rings. The van der Waals surface area contributed by atoms with E-state index in [2.05, 4.69) is 0 Å². The van der Waals surface area contributed by atoms with Crippen molar-refractivity contribution < 1.29 is 18.9 Å². The standard InChI is InChI=1S/C12H25O4P/c1-14-9-6-11-5-3-4-7-12(11,16-17-13)8-10-15-2/h11,13,17H,3-10H2,1-2H3. The Hall–Kier alpha value is 0.270. The van der Waals surface area contributed by atoms with E-state index < -0.39 is 9.03 Å². The Kier molecular flexibility index (Phi) is 7.56. The third kappa shape index (κ3) is 4.46. The third-order valence-corrected chi connectivity index (χ3v) is 4.29. The first-order valence-corrected chi connectivity index (χ1v) is 7.19. The summed E-state index contributed by atoms with van der Waals surface area (Å²) in [7, 11) is 3.01. The zero-order valence-electron chi connectivity index (χ0n) is 10.9. The molecule has 3 atom stereocenters. The Morgan fingerprint density at radius 3 is 2.65 bits per heavy atom. The molecule has 1 fully saturated rings. The first kappa shape index (κ1) is 15.3. The maximum absolute atomic E-state index is 9.16. The molecule has 5 heteroatoms. The number of hydrogen-bond donors (Lipinski definition) is 1. The molecule has 1 aliphatic rings. The summed E-state index contributed by atoms with van der Waals surface area (Å²) in [4.78, 5) is 9.16. The highest BCUT2D eigenvalue weighted by Crippen LogP contribution is 2.44. The number of rotatable bonds is 8. The van der Waals surface area contributed by atoms with E-state index in [0.717, 1.165) is 32.3 Å². The lowest BCUT2D eigenvalue weighted by Crippen LogP contribution is -2.43. The highest BCUT2D eigenvalue weighted by Gasteiger charge is 2.41. The molecule has 0 radical (unpaired) electrons. The van der Waals surface area contributed by atoms with Crippen LogP contribution in [0.5, 0.6) is 0 Å². The van der Waals surface area contributed by atoms with Gasteiger partial charge in [0.05, 0.1) is 5.60 Å². The highest BCUT2D eigenvalue weighted by atomic mass is 31.1. The van der Waals surface area contributed by atoms with Gasteiger partial charge in [0.25, 0.3) is 0 Å². The van der Waals surface area contributed by atoms with Gasteiger partial charge in [0, 0.05) is 33.9 Å². The topological polar surface area (TPSA) is 47.9 Å². The predicted molar refractivity (Wildman–Crippen MR) is 69.3 cm³/mol. The maximum Gasteiger partial charge on any atom is 0.152 e. The molecule has 0 amide bonds. The minimum Gasteiger partial charge on any atom is -0.385 e. The Labute approximate surface area is 106 Å². The predicted octanol–water partition coefficient (Wildman–Crippen LogP) is 2.51. The van der Waals surface area contributed by atoms with Gasteiger partial charge in [-0.3, -0.25) is 0 Å². The second-order valence-corrected chi connectivity index (χ2v) is 5.11. The molecule has 0 heterocycles. The second kappa shape index (κ2) is 8.39. The Balaban J connectivity index is 2.64. The van der Waals surface area contributed by atoms with Gasteiger partial charge in [0.1, 0.15) is 0 Å². The Bertz CT molecular complexity index is 199. The van der Waals surface area contributed by atoms with Crippen LogP contribution in [-0.2, 0) is 14.0 Å². The molecule has 4 nitrogen and oxygen atoms in total. The minimum absolute atomic E-state index is 0.194. The van der Waals surface area contributed by atoms with Crippen molar-refractivity contribution in [3.8, 4) is 0 Å². The molecular weight excluding hydrogens is 239 g/mol.